The summed E-state index contributed by atoms with van der Waals surface area (Å²) < 4.78 is 4.46. The SMILES string of the molecule is Cn1cc(CCn2cnc3ccsc32)c2ccccc21. The van der Waals surface area contributed by atoms with Gasteiger partial charge < -0.3 is 9.13 Å². The number of benzene rings is 1. The van der Waals surface area contributed by atoms with Gasteiger partial charge in [-0.1, -0.05) is 18.2 Å². The first-order valence-electron chi connectivity index (χ1n) is 6.74. The Morgan fingerprint density at radius 2 is 2.10 bits per heavy atom. The van der Waals surface area contributed by atoms with Crippen molar-refractivity contribution < 1.29 is 0 Å². The van der Waals surface area contributed by atoms with Crippen LogP contribution in [-0.4, -0.2) is 14.1 Å². The van der Waals surface area contributed by atoms with E-state index in [-0.39, 0.29) is 0 Å². The van der Waals surface area contributed by atoms with Crippen molar-refractivity contribution in [1.82, 2.24) is 14.1 Å². The fourth-order valence-corrected chi connectivity index (χ4v) is 3.66. The minimum absolute atomic E-state index is 0.977. The highest BCUT2D eigenvalue weighted by atomic mass is 32.1. The van der Waals surface area contributed by atoms with Crippen LogP contribution in [0.25, 0.3) is 21.3 Å². The predicted molar refractivity (Wildman–Crippen MR) is 84.2 cm³/mol. The molecule has 4 heteroatoms. The van der Waals surface area contributed by atoms with Crippen LogP contribution in [0.5, 0.6) is 0 Å². The summed E-state index contributed by atoms with van der Waals surface area (Å²) in [5.41, 5.74) is 3.81. The first-order chi connectivity index (χ1) is 9.83. The van der Waals surface area contributed by atoms with Gasteiger partial charge in [-0.2, -0.15) is 0 Å². The van der Waals surface area contributed by atoms with Crippen molar-refractivity contribution in [3.05, 3.63) is 53.8 Å². The third kappa shape index (κ3) is 1.76. The number of nitrogens with zero attached hydrogens (tertiary/aromatic N) is 3. The molecule has 0 saturated carbocycles. The lowest BCUT2D eigenvalue weighted by Crippen LogP contribution is -1.98. The van der Waals surface area contributed by atoms with E-state index in [9.17, 15) is 0 Å². The van der Waals surface area contributed by atoms with E-state index in [1.54, 1.807) is 11.3 Å². The molecule has 3 aromatic heterocycles. The second kappa shape index (κ2) is 4.49. The molecule has 0 unspecified atom stereocenters. The topological polar surface area (TPSA) is 22.8 Å². The molecular formula is C16H15N3S. The Kier molecular flexibility index (Phi) is 2.63. The Morgan fingerprint density at radius 1 is 1.20 bits per heavy atom. The van der Waals surface area contributed by atoms with Crippen LogP contribution in [0.1, 0.15) is 5.56 Å². The zero-order chi connectivity index (χ0) is 13.5. The van der Waals surface area contributed by atoms with Crippen molar-refractivity contribution in [2.75, 3.05) is 0 Å². The van der Waals surface area contributed by atoms with Gasteiger partial charge in [0.2, 0.25) is 0 Å². The van der Waals surface area contributed by atoms with E-state index < -0.39 is 0 Å². The van der Waals surface area contributed by atoms with E-state index in [0.29, 0.717) is 0 Å². The molecule has 0 spiro atoms. The number of fused-ring (bicyclic) bond motifs is 2. The minimum atomic E-state index is 0.977. The van der Waals surface area contributed by atoms with Crippen LogP contribution in [0, 0.1) is 0 Å². The van der Waals surface area contributed by atoms with Gasteiger partial charge in [-0.3, -0.25) is 0 Å². The van der Waals surface area contributed by atoms with Crippen LogP contribution in [0.15, 0.2) is 48.2 Å². The maximum Gasteiger partial charge on any atom is 0.122 e. The standard InChI is InChI=1S/C16H15N3S/c1-18-10-12(13-4-2-3-5-15(13)18)6-8-19-11-17-14-7-9-20-16(14)19/h2-5,7,9-11H,6,8H2,1H3. The summed E-state index contributed by atoms with van der Waals surface area (Å²) in [6, 6.07) is 10.7. The maximum atomic E-state index is 4.43. The number of hydrogen-bond acceptors (Lipinski definition) is 2. The Hall–Kier alpha value is -2.07. The van der Waals surface area contributed by atoms with E-state index in [1.807, 2.05) is 6.33 Å². The van der Waals surface area contributed by atoms with Gasteiger partial charge in [-0.25, -0.2) is 4.98 Å². The highest BCUT2D eigenvalue weighted by Gasteiger charge is 2.08. The van der Waals surface area contributed by atoms with Gasteiger partial charge in [0.1, 0.15) is 4.83 Å². The van der Waals surface area contributed by atoms with Gasteiger partial charge in [0.05, 0.1) is 11.8 Å². The third-order valence-corrected chi connectivity index (χ3v) is 4.76. The molecule has 3 nitrogen and oxygen atoms in total. The van der Waals surface area contributed by atoms with Crippen LogP contribution < -0.4 is 0 Å². The third-order valence-electron chi connectivity index (χ3n) is 3.82. The van der Waals surface area contributed by atoms with Gasteiger partial charge in [-0.05, 0) is 29.5 Å². The summed E-state index contributed by atoms with van der Waals surface area (Å²) in [6.45, 7) is 0.977. The first-order valence-corrected chi connectivity index (χ1v) is 7.62. The highest BCUT2D eigenvalue weighted by Crippen LogP contribution is 2.23. The smallest absolute Gasteiger partial charge is 0.122 e. The van der Waals surface area contributed by atoms with Crippen molar-refractivity contribution >= 4 is 32.6 Å². The molecule has 20 heavy (non-hydrogen) atoms. The zero-order valence-corrected chi connectivity index (χ0v) is 12.1. The van der Waals surface area contributed by atoms with Gasteiger partial charge in [-0.15, -0.1) is 11.3 Å². The molecule has 0 aliphatic rings. The number of para-hydroxylation sites is 1. The fraction of sp³-hybridized carbons (Fsp3) is 0.188. The van der Waals surface area contributed by atoms with E-state index >= 15 is 0 Å². The average molecular weight is 281 g/mol. The molecule has 4 rings (SSSR count). The van der Waals surface area contributed by atoms with Crippen molar-refractivity contribution in [3.8, 4) is 0 Å². The molecule has 0 atom stereocenters. The Balaban J connectivity index is 1.67. The lowest BCUT2D eigenvalue weighted by molar-refractivity contribution is 0.720. The molecule has 0 fully saturated rings. The molecule has 100 valence electrons. The largest absolute Gasteiger partial charge is 0.350 e. The molecule has 0 amide bonds. The summed E-state index contributed by atoms with van der Waals surface area (Å²) in [7, 11) is 2.11. The Morgan fingerprint density at radius 3 is 3.05 bits per heavy atom. The van der Waals surface area contributed by atoms with E-state index in [2.05, 4.69) is 63.1 Å². The summed E-state index contributed by atoms with van der Waals surface area (Å²) in [4.78, 5) is 5.70. The van der Waals surface area contributed by atoms with Gasteiger partial charge >= 0.3 is 0 Å². The van der Waals surface area contributed by atoms with Crippen molar-refractivity contribution in [2.24, 2.45) is 7.05 Å². The summed E-state index contributed by atoms with van der Waals surface area (Å²) >= 11 is 1.76. The Bertz CT molecular complexity index is 881. The number of hydrogen-bond donors (Lipinski definition) is 0. The lowest BCUT2D eigenvalue weighted by Gasteiger charge is -2.02. The molecule has 0 aliphatic heterocycles. The number of rotatable bonds is 3. The van der Waals surface area contributed by atoms with Crippen LogP contribution in [-0.2, 0) is 20.0 Å². The molecule has 0 aliphatic carbocycles. The van der Waals surface area contributed by atoms with Gasteiger partial charge in [0, 0.05) is 30.7 Å². The Labute approximate surface area is 121 Å². The average Bonchev–Trinajstić information content (AvgIpc) is 3.13. The van der Waals surface area contributed by atoms with Crippen molar-refractivity contribution in [3.63, 3.8) is 0 Å². The summed E-state index contributed by atoms with van der Waals surface area (Å²) in [5, 5.41) is 3.46. The second-order valence-electron chi connectivity index (χ2n) is 5.08. The van der Waals surface area contributed by atoms with E-state index in [0.717, 1.165) is 18.5 Å². The second-order valence-corrected chi connectivity index (χ2v) is 5.98. The monoisotopic (exact) mass is 281 g/mol. The van der Waals surface area contributed by atoms with Crippen LogP contribution in [0.2, 0.25) is 0 Å². The molecular weight excluding hydrogens is 266 g/mol. The number of aromatic nitrogens is 3. The molecule has 4 aromatic rings. The normalized spacial score (nSPS) is 11.7. The quantitative estimate of drug-likeness (QED) is 0.559. The van der Waals surface area contributed by atoms with Crippen LogP contribution in [0.4, 0.5) is 0 Å². The maximum absolute atomic E-state index is 4.43. The number of aryl methyl sites for hydroxylation is 3. The summed E-state index contributed by atoms with van der Waals surface area (Å²) in [5.74, 6) is 0. The van der Waals surface area contributed by atoms with Crippen molar-refractivity contribution in [1.29, 1.82) is 0 Å². The van der Waals surface area contributed by atoms with Gasteiger partial charge in [0.25, 0.3) is 0 Å². The molecule has 0 radical (unpaired) electrons. The molecule has 0 N–H and O–H groups in total. The van der Waals surface area contributed by atoms with Crippen LogP contribution in [0.3, 0.4) is 0 Å². The molecule has 0 saturated heterocycles. The molecule has 3 heterocycles. The molecule has 0 bridgehead atoms. The van der Waals surface area contributed by atoms with E-state index in [1.165, 1.54) is 21.3 Å². The zero-order valence-electron chi connectivity index (χ0n) is 11.3. The van der Waals surface area contributed by atoms with E-state index in [4.69, 9.17) is 0 Å². The highest BCUT2D eigenvalue weighted by molar-refractivity contribution is 7.16. The number of imidazole rings is 1. The summed E-state index contributed by atoms with van der Waals surface area (Å²) in [6.07, 6.45) is 5.23. The van der Waals surface area contributed by atoms with Gasteiger partial charge in [0.15, 0.2) is 0 Å². The van der Waals surface area contributed by atoms with Crippen molar-refractivity contribution in [2.45, 2.75) is 13.0 Å². The minimum Gasteiger partial charge on any atom is -0.350 e. The molecule has 1 aromatic carbocycles. The number of thiophene rings is 1. The lowest BCUT2D eigenvalue weighted by atomic mass is 10.1. The fourth-order valence-electron chi connectivity index (χ4n) is 2.82. The van der Waals surface area contributed by atoms with Crippen LogP contribution >= 0.6 is 11.3 Å². The first kappa shape index (κ1) is 11.7. The predicted octanol–water partition coefficient (Wildman–Crippen LogP) is 3.83.